The van der Waals surface area contributed by atoms with Gasteiger partial charge in [-0.25, -0.2) is 0 Å². The molecule has 0 bridgehead atoms. The van der Waals surface area contributed by atoms with E-state index in [0.29, 0.717) is 25.4 Å². The minimum absolute atomic E-state index is 0.136. The largest absolute Gasteiger partial charge is 0.378 e. The number of nitrogens with zero attached hydrogens (tertiary/aromatic N) is 1. The van der Waals surface area contributed by atoms with Crippen molar-refractivity contribution in [2.45, 2.75) is 96.2 Å². The molecule has 2 heterocycles. The van der Waals surface area contributed by atoms with E-state index in [9.17, 15) is 4.79 Å². The lowest BCUT2D eigenvalue weighted by atomic mass is 10.0. The van der Waals surface area contributed by atoms with Crippen LogP contribution < -0.4 is 0 Å². The fraction of sp³-hybridized carbons (Fsp3) is 0.864. The lowest BCUT2D eigenvalue weighted by Gasteiger charge is -2.25. The number of amides is 1. The van der Waals surface area contributed by atoms with E-state index in [1.807, 2.05) is 11.0 Å². The molecule has 2 atom stereocenters. The first-order valence-electron chi connectivity index (χ1n) is 11.0. The molecule has 2 aliphatic rings. The maximum Gasteiger partial charge on any atom is 0.246 e. The van der Waals surface area contributed by atoms with Gasteiger partial charge in [0.05, 0.1) is 25.4 Å². The fourth-order valence-electron chi connectivity index (χ4n) is 3.67. The quantitative estimate of drug-likeness (QED) is 0.250. The standard InChI is InChI=1S/C22H39NO3/c1-2-3-4-5-7-10-13-20-21(26-20)14-11-8-6-9-12-15-22(24)23-16-18-25-19-17-23/h12,15,20-21H,2-11,13-14,16-19H2,1H3. The smallest absolute Gasteiger partial charge is 0.246 e. The van der Waals surface area contributed by atoms with Crippen LogP contribution in [0.5, 0.6) is 0 Å². The summed E-state index contributed by atoms with van der Waals surface area (Å²) in [6.45, 7) is 5.06. The molecular weight excluding hydrogens is 326 g/mol. The number of carbonyl (C=O) groups excluding carboxylic acids is 1. The summed E-state index contributed by atoms with van der Waals surface area (Å²) in [6, 6.07) is 0. The van der Waals surface area contributed by atoms with E-state index >= 15 is 0 Å². The summed E-state index contributed by atoms with van der Waals surface area (Å²) in [5.41, 5.74) is 0. The summed E-state index contributed by atoms with van der Waals surface area (Å²) in [7, 11) is 0. The van der Waals surface area contributed by atoms with E-state index in [0.717, 1.165) is 19.5 Å². The molecule has 0 aromatic carbocycles. The Bertz CT molecular complexity index is 404. The highest BCUT2D eigenvalue weighted by Crippen LogP contribution is 2.31. The summed E-state index contributed by atoms with van der Waals surface area (Å²) in [4.78, 5) is 13.8. The van der Waals surface area contributed by atoms with Crippen molar-refractivity contribution in [1.82, 2.24) is 4.90 Å². The van der Waals surface area contributed by atoms with Crippen LogP contribution in [-0.4, -0.2) is 49.3 Å². The van der Waals surface area contributed by atoms with Crippen LogP contribution in [-0.2, 0) is 14.3 Å². The average Bonchev–Trinajstić information content (AvgIpc) is 3.42. The van der Waals surface area contributed by atoms with Gasteiger partial charge in [0.2, 0.25) is 5.91 Å². The van der Waals surface area contributed by atoms with E-state index in [1.54, 1.807) is 6.08 Å². The van der Waals surface area contributed by atoms with Crippen LogP contribution in [0.1, 0.15) is 84.0 Å². The van der Waals surface area contributed by atoms with Gasteiger partial charge >= 0.3 is 0 Å². The first kappa shape index (κ1) is 21.4. The second-order valence-electron chi connectivity index (χ2n) is 7.75. The minimum atomic E-state index is 0.136. The van der Waals surface area contributed by atoms with Crippen molar-refractivity contribution in [2.75, 3.05) is 26.3 Å². The first-order valence-corrected chi connectivity index (χ1v) is 11.0. The van der Waals surface area contributed by atoms with Crippen molar-refractivity contribution in [3.05, 3.63) is 12.2 Å². The number of morpholine rings is 1. The number of hydrogen-bond donors (Lipinski definition) is 0. The zero-order valence-corrected chi connectivity index (χ0v) is 16.8. The van der Waals surface area contributed by atoms with Gasteiger partial charge in [-0.3, -0.25) is 4.79 Å². The van der Waals surface area contributed by atoms with Crippen molar-refractivity contribution in [3.8, 4) is 0 Å². The molecule has 0 spiro atoms. The topological polar surface area (TPSA) is 42.1 Å². The Morgan fingerprint density at radius 2 is 1.54 bits per heavy atom. The molecule has 0 aromatic heterocycles. The Labute approximate surface area is 160 Å². The van der Waals surface area contributed by atoms with Crippen LogP contribution in [0.3, 0.4) is 0 Å². The summed E-state index contributed by atoms with van der Waals surface area (Å²) < 4.78 is 11.1. The summed E-state index contributed by atoms with van der Waals surface area (Å²) >= 11 is 0. The highest BCUT2D eigenvalue weighted by molar-refractivity contribution is 5.87. The number of ether oxygens (including phenoxy) is 2. The third kappa shape index (κ3) is 9.18. The molecule has 0 saturated carbocycles. The second kappa shape index (κ2) is 13.3. The molecule has 0 aromatic rings. The van der Waals surface area contributed by atoms with Crippen molar-refractivity contribution < 1.29 is 14.3 Å². The molecule has 26 heavy (non-hydrogen) atoms. The van der Waals surface area contributed by atoms with Gasteiger partial charge < -0.3 is 14.4 Å². The maximum absolute atomic E-state index is 11.9. The molecule has 2 rings (SSSR count). The third-order valence-corrected chi connectivity index (χ3v) is 5.47. The molecule has 2 aliphatic heterocycles. The molecule has 0 N–H and O–H groups in total. The van der Waals surface area contributed by atoms with Crippen LogP contribution >= 0.6 is 0 Å². The van der Waals surface area contributed by atoms with Crippen molar-refractivity contribution >= 4 is 5.91 Å². The first-order chi connectivity index (χ1) is 12.8. The number of hydrogen-bond acceptors (Lipinski definition) is 3. The number of rotatable bonds is 14. The summed E-state index contributed by atoms with van der Waals surface area (Å²) in [5.74, 6) is 0.136. The number of allylic oxidation sites excluding steroid dienone is 1. The van der Waals surface area contributed by atoms with Gasteiger partial charge in [-0.1, -0.05) is 64.4 Å². The SMILES string of the molecule is CCCCCCCCC1OC1CCCCCC=CC(=O)N1CCOCC1. The van der Waals surface area contributed by atoms with Crippen molar-refractivity contribution in [3.63, 3.8) is 0 Å². The molecule has 0 aliphatic carbocycles. The lowest BCUT2D eigenvalue weighted by Crippen LogP contribution is -2.39. The Morgan fingerprint density at radius 1 is 0.923 bits per heavy atom. The predicted octanol–water partition coefficient (Wildman–Crippen LogP) is 4.87. The molecule has 2 unspecified atom stereocenters. The fourth-order valence-corrected chi connectivity index (χ4v) is 3.67. The molecule has 4 nitrogen and oxygen atoms in total. The highest BCUT2D eigenvalue weighted by atomic mass is 16.6. The van der Waals surface area contributed by atoms with Gasteiger partial charge in [0.1, 0.15) is 0 Å². The molecule has 0 radical (unpaired) electrons. The van der Waals surface area contributed by atoms with E-state index in [1.165, 1.54) is 70.6 Å². The molecule has 4 heteroatoms. The van der Waals surface area contributed by atoms with Crippen LogP contribution in [0, 0.1) is 0 Å². The van der Waals surface area contributed by atoms with E-state index in [2.05, 4.69) is 6.92 Å². The zero-order chi connectivity index (χ0) is 18.5. The Hall–Kier alpha value is -0.870. The van der Waals surface area contributed by atoms with Crippen molar-refractivity contribution in [1.29, 1.82) is 0 Å². The summed E-state index contributed by atoms with van der Waals surface area (Å²) in [6.07, 6.45) is 20.3. The zero-order valence-electron chi connectivity index (χ0n) is 16.8. The van der Waals surface area contributed by atoms with Crippen molar-refractivity contribution in [2.24, 2.45) is 0 Å². The van der Waals surface area contributed by atoms with Gasteiger partial charge in [-0.15, -0.1) is 0 Å². The lowest BCUT2D eigenvalue weighted by molar-refractivity contribution is -0.129. The van der Waals surface area contributed by atoms with Gasteiger partial charge in [0.25, 0.3) is 0 Å². The molecule has 2 saturated heterocycles. The van der Waals surface area contributed by atoms with Gasteiger partial charge in [0, 0.05) is 13.1 Å². The maximum atomic E-state index is 11.9. The molecule has 150 valence electrons. The van der Waals surface area contributed by atoms with Crippen LogP contribution in [0.4, 0.5) is 0 Å². The van der Waals surface area contributed by atoms with Crippen LogP contribution in [0.2, 0.25) is 0 Å². The van der Waals surface area contributed by atoms with E-state index in [-0.39, 0.29) is 5.91 Å². The van der Waals surface area contributed by atoms with Crippen LogP contribution in [0.25, 0.3) is 0 Å². The van der Waals surface area contributed by atoms with Gasteiger partial charge in [-0.05, 0) is 31.8 Å². The van der Waals surface area contributed by atoms with Gasteiger partial charge in [0.15, 0.2) is 0 Å². The number of carbonyl (C=O) groups is 1. The summed E-state index contributed by atoms with van der Waals surface area (Å²) in [5, 5.41) is 0. The van der Waals surface area contributed by atoms with Gasteiger partial charge in [-0.2, -0.15) is 0 Å². The molecule has 1 amide bonds. The number of unbranched alkanes of at least 4 members (excludes halogenated alkanes) is 8. The highest BCUT2D eigenvalue weighted by Gasteiger charge is 2.36. The van der Waals surface area contributed by atoms with Crippen LogP contribution in [0.15, 0.2) is 12.2 Å². The normalized spacial score (nSPS) is 22.9. The Kier molecular flexibility index (Phi) is 11.0. The number of epoxide rings is 1. The third-order valence-electron chi connectivity index (χ3n) is 5.47. The Morgan fingerprint density at radius 3 is 2.23 bits per heavy atom. The van der Waals surface area contributed by atoms with E-state index < -0.39 is 0 Å². The monoisotopic (exact) mass is 365 g/mol. The minimum Gasteiger partial charge on any atom is -0.378 e. The molecule has 2 fully saturated rings. The predicted molar refractivity (Wildman–Crippen MR) is 106 cm³/mol. The van der Waals surface area contributed by atoms with E-state index in [4.69, 9.17) is 9.47 Å². The molecular formula is C22H39NO3. The Balaban J connectivity index is 1.36. The average molecular weight is 366 g/mol. The second-order valence-corrected chi connectivity index (χ2v) is 7.75.